The lowest BCUT2D eigenvalue weighted by Gasteiger charge is -2.15. The molecule has 0 amide bonds. The Morgan fingerprint density at radius 3 is 2.82 bits per heavy atom. The molecule has 17 heavy (non-hydrogen) atoms. The van der Waals surface area contributed by atoms with Gasteiger partial charge in [0.1, 0.15) is 5.82 Å². The van der Waals surface area contributed by atoms with E-state index in [0.29, 0.717) is 11.4 Å². The molecule has 0 fully saturated rings. The second kappa shape index (κ2) is 5.60. The molecule has 1 atom stereocenters. The van der Waals surface area contributed by atoms with Crippen LogP contribution in [0.5, 0.6) is 0 Å². The SMILES string of the molecule is NNC(Cc1cccc(F)c1)c1sccc1Cl. The number of nitrogens with one attached hydrogen (secondary N) is 1. The highest BCUT2D eigenvalue weighted by atomic mass is 35.5. The second-order valence-electron chi connectivity index (χ2n) is 3.69. The summed E-state index contributed by atoms with van der Waals surface area (Å²) in [6.45, 7) is 0. The predicted molar refractivity (Wildman–Crippen MR) is 69.5 cm³/mol. The maximum atomic E-state index is 13.1. The van der Waals surface area contributed by atoms with Crippen molar-refractivity contribution in [3.63, 3.8) is 0 Å². The van der Waals surface area contributed by atoms with Crippen molar-refractivity contribution < 1.29 is 4.39 Å². The van der Waals surface area contributed by atoms with Gasteiger partial charge in [-0.25, -0.2) is 4.39 Å². The van der Waals surface area contributed by atoms with E-state index in [0.717, 1.165) is 10.4 Å². The highest BCUT2D eigenvalue weighted by Crippen LogP contribution is 2.30. The molecular formula is C12H12ClFN2S. The summed E-state index contributed by atoms with van der Waals surface area (Å²) in [5.41, 5.74) is 3.60. The van der Waals surface area contributed by atoms with Crippen LogP contribution in [0.3, 0.4) is 0 Å². The van der Waals surface area contributed by atoms with Crippen molar-refractivity contribution in [2.45, 2.75) is 12.5 Å². The standard InChI is InChI=1S/C12H12ClFN2S/c13-10-4-5-17-12(10)11(16-15)7-8-2-1-3-9(14)6-8/h1-6,11,16H,7,15H2. The third-order valence-electron chi connectivity index (χ3n) is 2.49. The molecule has 0 saturated carbocycles. The maximum Gasteiger partial charge on any atom is 0.123 e. The first kappa shape index (κ1) is 12.5. The van der Waals surface area contributed by atoms with Crippen LogP contribution in [-0.2, 0) is 6.42 Å². The van der Waals surface area contributed by atoms with E-state index >= 15 is 0 Å². The number of hydrogen-bond acceptors (Lipinski definition) is 3. The summed E-state index contributed by atoms with van der Waals surface area (Å²) < 4.78 is 13.1. The van der Waals surface area contributed by atoms with E-state index in [1.165, 1.54) is 23.5 Å². The van der Waals surface area contributed by atoms with Gasteiger partial charge in [0.05, 0.1) is 11.1 Å². The van der Waals surface area contributed by atoms with E-state index in [1.807, 2.05) is 17.5 Å². The topological polar surface area (TPSA) is 38.0 Å². The van der Waals surface area contributed by atoms with Crippen LogP contribution in [-0.4, -0.2) is 0 Å². The Bertz CT molecular complexity index is 501. The van der Waals surface area contributed by atoms with Crippen molar-refractivity contribution in [2.75, 3.05) is 0 Å². The van der Waals surface area contributed by atoms with Gasteiger partial charge in [-0.05, 0) is 35.6 Å². The summed E-state index contributed by atoms with van der Waals surface area (Å²) in [6, 6.07) is 8.23. The third-order valence-corrected chi connectivity index (χ3v) is 3.96. The van der Waals surface area contributed by atoms with Crippen LogP contribution in [0, 0.1) is 5.82 Å². The van der Waals surface area contributed by atoms with Crippen molar-refractivity contribution in [1.82, 2.24) is 5.43 Å². The first-order valence-electron chi connectivity index (χ1n) is 5.14. The third kappa shape index (κ3) is 3.04. The molecule has 0 aliphatic rings. The summed E-state index contributed by atoms with van der Waals surface area (Å²) in [7, 11) is 0. The van der Waals surface area contributed by atoms with Crippen LogP contribution in [0.15, 0.2) is 35.7 Å². The predicted octanol–water partition coefficient (Wildman–Crippen LogP) is 3.29. The van der Waals surface area contributed by atoms with Crippen LogP contribution >= 0.6 is 22.9 Å². The fourth-order valence-electron chi connectivity index (χ4n) is 1.68. The minimum atomic E-state index is -0.240. The molecule has 3 N–H and O–H groups in total. The summed E-state index contributed by atoms with van der Waals surface area (Å²) in [5.74, 6) is 5.28. The molecule has 1 unspecified atom stereocenters. The molecule has 0 spiro atoms. The smallest absolute Gasteiger partial charge is 0.123 e. The molecular weight excluding hydrogens is 259 g/mol. The lowest BCUT2D eigenvalue weighted by molar-refractivity contribution is 0.557. The van der Waals surface area contributed by atoms with Gasteiger partial charge in [0.25, 0.3) is 0 Å². The Kier molecular flexibility index (Phi) is 4.12. The lowest BCUT2D eigenvalue weighted by atomic mass is 10.1. The van der Waals surface area contributed by atoms with Crippen molar-refractivity contribution in [3.8, 4) is 0 Å². The number of halogens is 2. The second-order valence-corrected chi connectivity index (χ2v) is 5.04. The molecule has 1 aromatic heterocycles. The normalized spacial score (nSPS) is 12.6. The van der Waals surface area contributed by atoms with E-state index in [2.05, 4.69) is 5.43 Å². The molecule has 0 saturated heterocycles. The van der Waals surface area contributed by atoms with E-state index in [1.54, 1.807) is 6.07 Å². The van der Waals surface area contributed by atoms with E-state index in [9.17, 15) is 4.39 Å². The van der Waals surface area contributed by atoms with Gasteiger partial charge in [0.15, 0.2) is 0 Å². The molecule has 0 aliphatic carbocycles. The van der Waals surface area contributed by atoms with Gasteiger partial charge in [0, 0.05) is 4.88 Å². The number of nitrogens with two attached hydrogens (primary N) is 1. The molecule has 0 radical (unpaired) electrons. The molecule has 0 bridgehead atoms. The fraction of sp³-hybridized carbons (Fsp3) is 0.167. The highest BCUT2D eigenvalue weighted by Gasteiger charge is 2.15. The molecule has 2 aromatic rings. The monoisotopic (exact) mass is 270 g/mol. The Labute approximate surface area is 108 Å². The van der Waals surface area contributed by atoms with E-state index in [-0.39, 0.29) is 11.9 Å². The Morgan fingerprint density at radius 1 is 1.41 bits per heavy atom. The van der Waals surface area contributed by atoms with Gasteiger partial charge in [0.2, 0.25) is 0 Å². The summed E-state index contributed by atoms with van der Waals surface area (Å²) in [6.07, 6.45) is 0.606. The average molecular weight is 271 g/mol. The molecule has 90 valence electrons. The minimum Gasteiger partial charge on any atom is -0.271 e. The van der Waals surface area contributed by atoms with Crippen molar-refractivity contribution >= 4 is 22.9 Å². The largest absolute Gasteiger partial charge is 0.271 e. The average Bonchev–Trinajstić information content (AvgIpc) is 2.72. The lowest BCUT2D eigenvalue weighted by Crippen LogP contribution is -2.29. The summed E-state index contributed by atoms with van der Waals surface area (Å²) in [5, 5.41) is 2.60. The Morgan fingerprint density at radius 2 is 2.24 bits per heavy atom. The Balaban J connectivity index is 2.19. The molecule has 0 aliphatic heterocycles. The van der Waals surface area contributed by atoms with Crippen LogP contribution < -0.4 is 11.3 Å². The molecule has 1 heterocycles. The zero-order chi connectivity index (χ0) is 12.3. The van der Waals surface area contributed by atoms with Crippen LogP contribution in [0.25, 0.3) is 0 Å². The molecule has 2 rings (SSSR count). The number of rotatable bonds is 4. The van der Waals surface area contributed by atoms with E-state index in [4.69, 9.17) is 17.4 Å². The van der Waals surface area contributed by atoms with Gasteiger partial charge in [-0.1, -0.05) is 23.7 Å². The van der Waals surface area contributed by atoms with Crippen molar-refractivity contribution in [3.05, 3.63) is 57.0 Å². The van der Waals surface area contributed by atoms with Crippen molar-refractivity contribution in [1.29, 1.82) is 0 Å². The first-order valence-corrected chi connectivity index (χ1v) is 6.40. The zero-order valence-corrected chi connectivity index (χ0v) is 10.6. The summed E-state index contributed by atoms with van der Waals surface area (Å²) in [4.78, 5) is 0.971. The summed E-state index contributed by atoms with van der Waals surface area (Å²) >= 11 is 7.59. The van der Waals surface area contributed by atoms with Gasteiger partial charge < -0.3 is 0 Å². The van der Waals surface area contributed by atoms with Crippen LogP contribution in [0.1, 0.15) is 16.5 Å². The van der Waals surface area contributed by atoms with E-state index < -0.39 is 0 Å². The number of hydrogen-bond donors (Lipinski definition) is 2. The maximum absolute atomic E-state index is 13.1. The number of hydrazine groups is 1. The quantitative estimate of drug-likeness (QED) is 0.661. The number of thiophene rings is 1. The zero-order valence-electron chi connectivity index (χ0n) is 8.99. The van der Waals surface area contributed by atoms with Crippen LogP contribution in [0.4, 0.5) is 4.39 Å². The minimum absolute atomic E-state index is 0.0932. The first-order chi connectivity index (χ1) is 8.20. The van der Waals surface area contributed by atoms with Gasteiger partial charge in [-0.15, -0.1) is 11.3 Å². The van der Waals surface area contributed by atoms with Gasteiger partial charge in [-0.3, -0.25) is 11.3 Å². The molecule has 5 heteroatoms. The van der Waals surface area contributed by atoms with Gasteiger partial charge >= 0.3 is 0 Å². The van der Waals surface area contributed by atoms with Crippen LogP contribution in [0.2, 0.25) is 5.02 Å². The fourth-order valence-corrected chi connectivity index (χ4v) is 2.93. The highest BCUT2D eigenvalue weighted by molar-refractivity contribution is 7.10. The number of benzene rings is 1. The molecule has 1 aromatic carbocycles. The van der Waals surface area contributed by atoms with Crippen molar-refractivity contribution in [2.24, 2.45) is 5.84 Å². The van der Waals surface area contributed by atoms with Gasteiger partial charge in [-0.2, -0.15) is 0 Å². The Hall–Kier alpha value is -0.940. The molecule has 2 nitrogen and oxygen atoms in total.